The first-order valence-electron chi connectivity index (χ1n) is 6.19. The van der Waals surface area contributed by atoms with E-state index in [1.165, 1.54) is 12.3 Å². The van der Waals surface area contributed by atoms with Crippen molar-refractivity contribution < 1.29 is 13.2 Å². The molecule has 2 rings (SSSR count). The highest BCUT2D eigenvalue weighted by Gasteiger charge is 2.31. The minimum atomic E-state index is -4.40. The number of aromatic nitrogens is 1. The molecule has 0 bridgehead atoms. The van der Waals surface area contributed by atoms with Gasteiger partial charge >= 0.3 is 6.18 Å². The van der Waals surface area contributed by atoms with E-state index in [2.05, 4.69) is 16.4 Å². The molecule has 2 aromatic rings. The Morgan fingerprint density at radius 3 is 2.45 bits per heavy atom. The fourth-order valence-corrected chi connectivity index (χ4v) is 1.85. The summed E-state index contributed by atoms with van der Waals surface area (Å²) in [5, 5.41) is 3.08. The second-order valence-electron chi connectivity index (χ2n) is 4.71. The van der Waals surface area contributed by atoms with Crippen molar-refractivity contribution in [2.75, 3.05) is 5.32 Å². The Morgan fingerprint density at radius 2 is 1.85 bits per heavy atom. The van der Waals surface area contributed by atoms with Crippen molar-refractivity contribution in [1.82, 2.24) is 4.98 Å². The molecule has 0 atom stereocenters. The highest BCUT2D eigenvalue weighted by molar-refractivity contribution is 5.43. The summed E-state index contributed by atoms with van der Waals surface area (Å²) in [5.74, 6) is 0. The van der Waals surface area contributed by atoms with Crippen LogP contribution in [0.5, 0.6) is 0 Å². The zero-order valence-electron chi connectivity index (χ0n) is 11.3. The molecular weight excluding hydrogens is 265 g/mol. The van der Waals surface area contributed by atoms with Crippen molar-refractivity contribution >= 4 is 5.69 Å². The van der Waals surface area contributed by atoms with E-state index in [4.69, 9.17) is 0 Å². The summed E-state index contributed by atoms with van der Waals surface area (Å²) >= 11 is 0. The summed E-state index contributed by atoms with van der Waals surface area (Å²) in [7, 11) is 0. The van der Waals surface area contributed by atoms with Gasteiger partial charge in [0, 0.05) is 6.54 Å². The first-order chi connectivity index (χ1) is 9.36. The Balaban J connectivity index is 2.06. The third-order valence-electron chi connectivity index (χ3n) is 3.04. The van der Waals surface area contributed by atoms with Crippen LogP contribution in [0.1, 0.15) is 22.4 Å². The van der Waals surface area contributed by atoms with Crippen LogP contribution in [0, 0.1) is 13.8 Å². The maximum atomic E-state index is 12.4. The molecule has 1 aromatic carbocycles. The molecule has 20 heavy (non-hydrogen) atoms. The predicted molar refractivity (Wildman–Crippen MR) is 72.5 cm³/mol. The number of anilines is 1. The Kier molecular flexibility index (Phi) is 3.97. The van der Waals surface area contributed by atoms with E-state index < -0.39 is 11.9 Å². The topological polar surface area (TPSA) is 24.9 Å². The average Bonchev–Trinajstić information content (AvgIpc) is 2.39. The second-order valence-corrected chi connectivity index (χ2v) is 4.71. The van der Waals surface area contributed by atoms with E-state index in [0.717, 1.165) is 22.8 Å². The van der Waals surface area contributed by atoms with Crippen LogP contribution in [0.25, 0.3) is 0 Å². The van der Waals surface area contributed by atoms with Crippen LogP contribution in [0.4, 0.5) is 18.9 Å². The standard InChI is InChI=1S/C15H15F3N2/c1-10-3-4-11(2)12(7-10)8-19-13-5-6-14(20-9-13)15(16,17)18/h3-7,9,19H,8H2,1-2H3. The fraction of sp³-hybridized carbons (Fsp3) is 0.267. The van der Waals surface area contributed by atoms with E-state index in [1.807, 2.05) is 26.0 Å². The van der Waals surface area contributed by atoms with E-state index in [0.29, 0.717) is 12.2 Å². The molecule has 1 heterocycles. The average molecular weight is 280 g/mol. The van der Waals surface area contributed by atoms with Gasteiger partial charge in [-0.05, 0) is 37.1 Å². The number of hydrogen-bond donors (Lipinski definition) is 1. The number of benzene rings is 1. The van der Waals surface area contributed by atoms with Gasteiger partial charge in [-0.15, -0.1) is 0 Å². The van der Waals surface area contributed by atoms with Crippen molar-refractivity contribution in [1.29, 1.82) is 0 Å². The number of alkyl halides is 3. The van der Waals surface area contributed by atoms with Gasteiger partial charge in [-0.3, -0.25) is 0 Å². The number of nitrogens with one attached hydrogen (secondary N) is 1. The first kappa shape index (κ1) is 14.4. The fourth-order valence-electron chi connectivity index (χ4n) is 1.85. The largest absolute Gasteiger partial charge is 0.433 e. The number of halogens is 3. The summed E-state index contributed by atoms with van der Waals surface area (Å²) in [5.41, 5.74) is 3.10. The smallest absolute Gasteiger partial charge is 0.380 e. The molecule has 1 N–H and O–H groups in total. The summed E-state index contributed by atoms with van der Waals surface area (Å²) < 4.78 is 37.2. The van der Waals surface area contributed by atoms with E-state index in [-0.39, 0.29) is 0 Å². The van der Waals surface area contributed by atoms with Crippen molar-refractivity contribution in [2.24, 2.45) is 0 Å². The van der Waals surface area contributed by atoms with Gasteiger partial charge in [0.1, 0.15) is 5.69 Å². The summed E-state index contributed by atoms with van der Waals surface area (Å²) in [6, 6.07) is 8.47. The minimum absolute atomic E-state index is 0.556. The van der Waals surface area contributed by atoms with E-state index >= 15 is 0 Å². The SMILES string of the molecule is Cc1ccc(C)c(CNc2ccc(C(F)(F)F)nc2)c1. The lowest BCUT2D eigenvalue weighted by Crippen LogP contribution is -2.08. The van der Waals surface area contributed by atoms with Gasteiger partial charge < -0.3 is 5.32 Å². The lowest BCUT2D eigenvalue weighted by atomic mass is 10.1. The van der Waals surface area contributed by atoms with Crippen LogP contribution in [-0.4, -0.2) is 4.98 Å². The Hall–Kier alpha value is -2.04. The van der Waals surface area contributed by atoms with Crippen LogP contribution >= 0.6 is 0 Å². The molecule has 106 valence electrons. The van der Waals surface area contributed by atoms with E-state index in [1.54, 1.807) is 0 Å². The molecule has 2 nitrogen and oxygen atoms in total. The maximum absolute atomic E-state index is 12.4. The van der Waals surface area contributed by atoms with Gasteiger partial charge in [0.25, 0.3) is 0 Å². The van der Waals surface area contributed by atoms with Gasteiger partial charge in [0.15, 0.2) is 0 Å². The minimum Gasteiger partial charge on any atom is -0.380 e. The molecule has 0 unspecified atom stereocenters. The van der Waals surface area contributed by atoms with Crippen molar-refractivity contribution in [2.45, 2.75) is 26.6 Å². The van der Waals surface area contributed by atoms with Gasteiger partial charge in [-0.2, -0.15) is 13.2 Å². The molecule has 0 fully saturated rings. The zero-order chi connectivity index (χ0) is 14.8. The van der Waals surface area contributed by atoms with Gasteiger partial charge in [0.05, 0.1) is 11.9 Å². The van der Waals surface area contributed by atoms with Crippen molar-refractivity contribution in [3.8, 4) is 0 Å². The van der Waals surface area contributed by atoms with Crippen molar-refractivity contribution in [3.63, 3.8) is 0 Å². The molecular formula is C15H15F3N2. The molecule has 0 aliphatic carbocycles. The van der Waals surface area contributed by atoms with Gasteiger partial charge in [0.2, 0.25) is 0 Å². The summed E-state index contributed by atoms with van der Waals surface area (Å²) in [6.45, 7) is 4.56. The lowest BCUT2D eigenvalue weighted by Gasteiger charge is -2.11. The second kappa shape index (κ2) is 5.53. The molecule has 0 amide bonds. The molecule has 0 aliphatic heterocycles. The monoisotopic (exact) mass is 280 g/mol. The number of pyridine rings is 1. The predicted octanol–water partition coefficient (Wildman–Crippen LogP) is 4.33. The summed E-state index contributed by atoms with van der Waals surface area (Å²) in [4.78, 5) is 3.41. The number of hydrogen-bond acceptors (Lipinski definition) is 2. The molecule has 5 heteroatoms. The van der Waals surface area contributed by atoms with Crippen LogP contribution in [0.15, 0.2) is 36.5 Å². The number of rotatable bonds is 3. The Morgan fingerprint density at radius 1 is 1.10 bits per heavy atom. The molecule has 0 spiro atoms. The van der Waals surface area contributed by atoms with Gasteiger partial charge in [-0.1, -0.05) is 23.8 Å². The molecule has 0 aliphatic rings. The first-order valence-corrected chi connectivity index (χ1v) is 6.19. The number of nitrogens with zero attached hydrogens (tertiary/aromatic N) is 1. The highest BCUT2D eigenvalue weighted by Crippen LogP contribution is 2.27. The third kappa shape index (κ3) is 3.50. The Bertz CT molecular complexity index is 589. The van der Waals surface area contributed by atoms with E-state index in [9.17, 15) is 13.2 Å². The van der Waals surface area contributed by atoms with Crippen molar-refractivity contribution in [3.05, 3.63) is 58.9 Å². The molecule has 0 saturated heterocycles. The Labute approximate surface area is 115 Å². The highest BCUT2D eigenvalue weighted by atomic mass is 19.4. The molecule has 0 saturated carbocycles. The normalized spacial score (nSPS) is 11.4. The molecule has 1 aromatic heterocycles. The maximum Gasteiger partial charge on any atom is 0.433 e. The number of aryl methyl sites for hydroxylation is 2. The van der Waals surface area contributed by atoms with Crippen LogP contribution < -0.4 is 5.32 Å². The summed E-state index contributed by atoms with van der Waals surface area (Å²) in [6.07, 6.45) is -3.19. The van der Waals surface area contributed by atoms with Gasteiger partial charge in [-0.25, -0.2) is 4.98 Å². The molecule has 0 radical (unpaired) electrons. The van der Waals surface area contributed by atoms with Crippen LogP contribution in [-0.2, 0) is 12.7 Å². The van der Waals surface area contributed by atoms with Crippen LogP contribution in [0.3, 0.4) is 0 Å². The quantitative estimate of drug-likeness (QED) is 0.905. The zero-order valence-corrected chi connectivity index (χ0v) is 11.3. The third-order valence-corrected chi connectivity index (χ3v) is 3.04. The van der Waals surface area contributed by atoms with Crippen LogP contribution in [0.2, 0.25) is 0 Å². The lowest BCUT2D eigenvalue weighted by molar-refractivity contribution is -0.141.